The van der Waals surface area contributed by atoms with Gasteiger partial charge < -0.3 is 10.1 Å². The number of amides is 1. The lowest BCUT2D eigenvalue weighted by molar-refractivity contribution is -0.114. The number of hydrogen-bond acceptors (Lipinski definition) is 6. The fourth-order valence-corrected chi connectivity index (χ4v) is 3.26. The van der Waals surface area contributed by atoms with Crippen LogP contribution in [0.3, 0.4) is 0 Å². The highest BCUT2D eigenvalue weighted by Gasteiger charge is 2.17. The molecular formula is C15H17N5O2S. The molecule has 120 valence electrons. The van der Waals surface area contributed by atoms with Crippen LogP contribution in [0.1, 0.15) is 30.5 Å². The summed E-state index contributed by atoms with van der Waals surface area (Å²) in [6.07, 6.45) is 3.35. The van der Waals surface area contributed by atoms with Crippen molar-refractivity contribution in [2.24, 2.45) is 0 Å². The Balaban J connectivity index is 2.07. The first kappa shape index (κ1) is 15.6. The summed E-state index contributed by atoms with van der Waals surface area (Å²) >= 11 is 1.55. The van der Waals surface area contributed by atoms with Crippen LogP contribution in [0.25, 0.3) is 16.0 Å². The Morgan fingerprint density at radius 1 is 1.43 bits per heavy atom. The largest absolute Gasteiger partial charge is 0.375 e. The fourth-order valence-electron chi connectivity index (χ4n) is 2.29. The number of hydrogen-bond donors (Lipinski definition) is 1. The van der Waals surface area contributed by atoms with Crippen LogP contribution >= 0.6 is 11.3 Å². The first-order valence-corrected chi connectivity index (χ1v) is 7.93. The van der Waals surface area contributed by atoms with Crippen LogP contribution in [0.15, 0.2) is 18.5 Å². The average Bonchev–Trinajstić information content (AvgIpc) is 3.09. The molecule has 3 rings (SSSR count). The molecule has 1 N–H and O–H groups in total. The molecule has 1 unspecified atom stereocenters. The van der Waals surface area contributed by atoms with E-state index in [0.29, 0.717) is 5.82 Å². The second-order valence-electron chi connectivity index (χ2n) is 5.18. The quantitative estimate of drug-likeness (QED) is 0.795. The molecule has 0 saturated carbocycles. The predicted octanol–water partition coefficient (Wildman–Crippen LogP) is 2.85. The van der Waals surface area contributed by atoms with Gasteiger partial charge in [0.1, 0.15) is 5.82 Å². The number of aryl methyl sites for hydroxylation is 1. The Kier molecular flexibility index (Phi) is 4.10. The summed E-state index contributed by atoms with van der Waals surface area (Å²) in [5, 5.41) is 8.72. The predicted molar refractivity (Wildman–Crippen MR) is 89.0 cm³/mol. The van der Waals surface area contributed by atoms with Crippen molar-refractivity contribution < 1.29 is 9.53 Å². The number of ether oxygens (including phenoxy) is 1. The number of rotatable bonds is 4. The van der Waals surface area contributed by atoms with Crippen molar-refractivity contribution in [2.75, 3.05) is 12.4 Å². The number of carbonyl (C=O) groups is 1. The van der Waals surface area contributed by atoms with Crippen molar-refractivity contribution in [3.05, 3.63) is 29.0 Å². The van der Waals surface area contributed by atoms with Gasteiger partial charge in [0.15, 0.2) is 0 Å². The molecule has 0 aliphatic heterocycles. The molecule has 0 aromatic carbocycles. The lowest BCUT2D eigenvalue weighted by Crippen LogP contribution is -2.07. The van der Waals surface area contributed by atoms with E-state index in [-0.39, 0.29) is 12.0 Å². The number of nitrogens with zero attached hydrogens (tertiary/aromatic N) is 4. The maximum atomic E-state index is 11.2. The van der Waals surface area contributed by atoms with Gasteiger partial charge in [-0.15, -0.1) is 0 Å². The summed E-state index contributed by atoms with van der Waals surface area (Å²) < 4.78 is 7.11. The fraction of sp³-hybridized carbons (Fsp3) is 0.333. The Bertz CT molecular complexity index is 870. The van der Waals surface area contributed by atoms with Gasteiger partial charge in [-0.1, -0.05) is 11.3 Å². The molecular weight excluding hydrogens is 314 g/mol. The van der Waals surface area contributed by atoms with Crippen molar-refractivity contribution >= 4 is 34.0 Å². The second kappa shape index (κ2) is 6.05. The van der Waals surface area contributed by atoms with Crippen LogP contribution in [0.4, 0.5) is 5.82 Å². The average molecular weight is 331 g/mol. The maximum absolute atomic E-state index is 11.2. The molecule has 3 aromatic rings. The van der Waals surface area contributed by atoms with Gasteiger partial charge in [0, 0.05) is 36.6 Å². The molecule has 3 heterocycles. The van der Waals surface area contributed by atoms with Crippen LogP contribution in [-0.2, 0) is 9.53 Å². The lowest BCUT2D eigenvalue weighted by Gasteiger charge is -2.06. The van der Waals surface area contributed by atoms with Gasteiger partial charge in [-0.3, -0.25) is 4.79 Å². The normalized spacial score (nSPS) is 12.5. The minimum atomic E-state index is -0.163. The molecule has 0 aliphatic rings. The van der Waals surface area contributed by atoms with E-state index in [1.165, 1.54) is 6.92 Å². The van der Waals surface area contributed by atoms with Gasteiger partial charge in [0.25, 0.3) is 0 Å². The summed E-state index contributed by atoms with van der Waals surface area (Å²) in [7, 11) is 1.66. The highest BCUT2D eigenvalue weighted by molar-refractivity contribution is 7.14. The van der Waals surface area contributed by atoms with Crippen LogP contribution in [0.5, 0.6) is 0 Å². The van der Waals surface area contributed by atoms with Gasteiger partial charge in [-0.25, -0.2) is 14.6 Å². The van der Waals surface area contributed by atoms with E-state index in [0.717, 1.165) is 26.6 Å². The smallest absolute Gasteiger partial charge is 0.222 e. The SMILES string of the molecule is COC(C)c1nc(-n2ncc3cnc(NC(C)=O)cc32)sc1C. The van der Waals surface area contributed by atoms with E-state index in [4.69, 9.17) is 4.74 Å². The number of thiazole rings is 1. The van der Waals surface area contributed by atoms with Crippen LogP contribution in [0, 0.1) is 6.92 Å². The number of nitrogens with one attached hydrogen (secondary N) is 1. The molecule has 0 spiro atoms. The highest BCUT2D eigenvalue weighted by Crippen LogP contribution is 2.29. The Labute approximate surface area is 137 Å². The summed E-state index contributed by atoms with van der Waals surface area (Å²) in [4.78, 5) is 21.1. The number of anilines is 1. The Morgan fingerprint density at radius 2 is 2.22 bits per heavy atom. The van der Waals surface area contributed by atoms with Gasteiger partial charge in [-0.05, 0) is 13.8 Å². The molecule has 1 atom stereocenters. The third-order valence-corrected chi connectivity index (χ3v) is 4.46. The van der Waals surface area contributed by atoms with Gasteiger partial charge in [0.05, 0.1) is 23.5 Å². The van der Waals surface area contributed by atoms with Crippen molar-refractivity contribution in [1.82, 2.24) is 19.7 Å². The van der Waals surface area contributed by atoms with Crippen molar-refractivity contribution in [3.8, 4) is 5.13 Å². The number of methoxy groups -OCH3 is 1. The third kappa shape index (κ3) is 2.95. The van der Waals surface area contributed by atoms with Gasteiger partial charge in [-0.2, -0.15) is 5.10 Å². The van der Waals surface area contributed by atoms with E-state index in [9.17, 15) is 4.79 Å². The molecule has 0 saturated heterocycles. The number of carbonyl (C=O) groups excluding carboxylic acids is 1. The third-order valence-electron chi connectivity index (χ3n) is 3.50. The monoisotopic (exact) mass is 331 g/mol. The van der Waals surface area contributed by atoms with Gasteiger partial charge >= 0.3 is 0 Å². The summed E-state index contributed by atoms with van der Waals surface area (Å²) in [5.41, 5.74) is 1.75. The summed E-state index contributed by atoms with van der Waals surface area (Å²) in [6, 6.07) is 1.79. The molecule has 0 aliphatic carbocycles. The molecule has 7 nitrogen and oxygen atoms in total. The van der Waals surface area contributed by atoms with E-state index >= 15 is 0 Å². The van der Waals surface area contributed by atoms with Crippen LogP contribution < -0.4 is 5.32 Å². The molecule has 23 heavy (non-hydrogen) atoms. The number of fused-ring (bicyclic) bond motifs is 1. The van der Waals surface area contributed by atoms with Crippen molar-refractivity contribution in [3.63, 3.8) is 0 Å². The molecule has 1 amide bonds. The minimum absolute atomic E-state index is 0.0709. The molecule has 0 bridgehead atoms. The second-order valence-corrected chi connectivity index (χ2v) is 6.36. The van der Waals surface area contributed by atoms with E-state index in [1.807, 2.05) is 13.8 Å². The number of pyridine rings is 1. The van der Waals surface area contributed by atoms with Crippen molar-refractivity contribution in [2.45, 2.75) is 26.9 Å². The van der Waals surface area contributed by atoms with Crippen LogP contribution in [0.2, 0.25) is 0 Å². The lowest BCUT2D eigenvalue weighted by atomic mass is 10.2. The minimum Gasteiger partial charge on any atom is -0.375 e. The summed E-state index contributed by atoms with van der Waals surface area (Å²) in [5.74, 6) is 0.328. The number of aromatic nitrogens is 4. The zero-order valence-corrected chi connectivity index (χ0v) is 14.1. The first-order valence-electron chi connectivity index (χ1n) is 7.11. The summed E-state index contributed by atoms with van der Waals surface area (Å²) in [6.45, 7) is 5.43. The van der Waals surface area contributed by atoms with Crippen LogP contribution in [-0.4, -0.2) is 32.8 Å². The first-order chi connectivity index (χ1) is 11.0. The molecule has 3 aromatic heterocycles. The standard InChI is InChI=1S/C15H17N5O2S/c1-8(22-4)14-9(2)23-15(19-14)20-12-5-13(18-10(3)21)16-6-11(12)7-17-20/h5-8H,1-4H3,(H,16,18,21). The Morgan fingerprint density at radius 3 is 2.91 bits per heavy atom. The topological polar surface area (TPSA) is 81.9 Å². The highest BCUT2D eigenvalue weighted by atomic mass is 32.1. The molecule has 8 heteroatoms. The molecule has 0 radical (unpaired) electrons. The van der Waals surface area contributed by atoms with E-state index in [2.05, 4.69) is 20.4 Å². The zero-order valence-electron chi connectivity index (χ0n) is 13.3. The van der Waals surface area contributed by atoms with E-state index in [1.54, 1.807) is 41.6 Å². The zero-order chi connectivity index (χ0) is 16.6. The Hall–Kier alpha value is -2.32. The van der Waals surface area contributed by atoms with Gasteiger partial charge in [0.2, 0.25) is 11.0 Å². The van der Waals surface area contributed by atoms with E-state index < -0.39 is 0 Å². The maximum Gasteiger partial charge on any atom is 0.222 e. The molecule has 0 fully saturated rings. The van der Waals surface area contributed by atoms with Crippen molar-refractivity contribution in [1.29, 1.82) is 0 Å².